The van der Waals surface area contributed by atoms with Crippen molar-refractivity contribution in [2.75, 3.05) is 40.3 Å². The van der Waals surface area contributed by atoms with Crippen LogP contribution >= 0.6 is 34.8 Å². The molecule has 0 amide bonds. The Bertz CT molecular complexity index is 741. The van der Waals surface area contributed by atoms with E-state index in [9.17, 15) is 0 Å². The normalized spacial score (nSPS) is 18.4. The standard InChI is InChI=1S/C11H15ClN2O.C6H13NO.C5H3Cl2N/c1-14-7-5-9(6-8-14)15-11-4-2-3-10(12)13-11;1-7-4-2-6(8)3-5-7;6-4-2-1-3-5(7)8-4/h2-4,9H,5-8H2,1H3;6,8H,2-5H2,1H3;1-3H. The van der Waals surface area contributed by atoms with E-state index in [0.717, 1.165) is 51.9 Å². The topological polar surface area (TPSA) is 61.7 Å². The van der Waals surface area contributed by atoms with Gasteiger partial charge in [-0.05, 0) is 58.0 Å². The maximum Gasteiger partial charge on any atom is 0.214 e. The number of hydrogen-bond acceptors (Lipinski definition) is 6. The second-order valence-corrected chi connectivity index (χ2v) is 8.90. The zero-order valence-electron chi connectivity index (χ0n) is 18.1. The number of rotatable bonds is 2. The van der Waals surface area contributed by atoms with Gasteiger partial charge in [0.25, 0.3) is 0 Å². The van der Waals surface area contributed by atoms with Crippen LogP contribution in [-0.2, 0) is 0 Å². The first-order valence-corrected chi connectivity index (χ1v) is 11.6. The number of pyridine rings is 2. The second-order valence-electron chi connectivity index (χ2n) is 7.74. The number of nitrogens with zero attached hydrogens (tertiary/aromatic N) is 4. The molecule has 0 saturated carbocycles. The molecule has 2 aromatic heterocycles. The summed E-state index contributed by atoms with van der Waals surface area (Å²) >= 11 is 16.7. The van der Waals surface area contributed by atoms with Gasteiger partial charge in [-0.25, -0.2) is 9.97 Å². The summed E-state index contributed by atoms with van der Waals surface area (Å²) in [7, 11) is 4.22. The van der Waals surface area contributed by atoms with Gasteiger partial charge in [0.15, 0.2) is 0 Å². The fourth-order valence-electron chi connectivity index (χ4n) is 3.11. The van der Waals surface area contributed by atoms with Crippen molar-refractivity contribution in [1.82, 2.24) is 19.8 Å². The number of likely N-dealkylation sites (tertiary alicyclic amines) is 2. The highest BCUT2D eigenvalue weighted by molar-refractivity contribution is 6.32. The third-order valence-corrected chi connectivity index (χ3v) is 5.64. The average Bonchev–Trinajstić information content (AvgIpc) is 2.73. The molecular formula is C22H31Cl3N4O2. The maximum absolute atomic E-state index is 9.00. The summed E-state index contributed by atoms with van der Waals surface area (Å²) in [6.07, 6.45) is 4.29. The summed E-state index contributed by atoms with van der Waals surface area (Å²) in [5.41, 5.74) is 0. The van der Waals surface area contributed by atoms with E-state index < -0.39 is 0 Å². The van der Waals surface area contributed by atoms with Crippen LogP contribution in [0.1, 0.15) is 25.7 Å². The van der Waals surface area contributed by atoms with Gasteiger partial charge in [-0.3, -0.25) is 0 Å². The Morgan fingerprint density at radius 1 is 0.774 bits per heavy atom. The summed E-state index contributed by atoms with van der Waals surface area (Å²) in [6, 6.07) is 10.6. The van der Waals surface area contributed by atoms with Gasteiger partial charge in [0.05, 0.1) is 6.10 Å². The van der Waals surface area contributed by atoms with Gasteiger partial charge in [-0.1, -0.05) is 46.9 Å². The fourth-order valence-corrected chi connectivity index (χ4v) is 3.63. The van der Waals surface area contributed by atoms with Crippen molar-refractivity contribution < 1.29 is 9.84 Å². The highest BCUT2D eigenvalue weighted by Gasteiger charge is 2.18. The molecule has 2 aromatic rings. The van der Waals surface area contributed by atoms with Crippen LogP contribution in [0.15, 0.2) is 36.4 Å². The Balaban J connectivity index is 0.000000181. The predicted octanol–water partition coefficient (Wildman–Crippen LogP) is 4.67. The third kappa shape index (κ3) is 11.3. The summed E-state index contributed by atoms with van der Waals surface area (Å²) < 4.78 is 5.76. The number of aliphatic hydroxyl groups is 1. The van der Waals surface area contributed by atoms with Crippen molar-refractivity contribution in [1.29, 1.82) is 0 Å². The molecule has 2 aliphatic heterocycles. The van der Waals surface area contributed by atoms with Gasteiger partial charge >= 0.3 is 0 Å². The van der Waals surface area contributed by atoms with Gasteiger partial charge in [-0.15, -0.1) is 0 Å². The summed E-state index contributed by atoms with van der Waals surface area (Å²) in [5.74, 6) is 0.636. The Labute approximate surface area is 200 Å². The van der Waals surface area contributed by atoms with Crippen LogP contribution in [0.25, 0.3) is 0 Å². The second kappa shape index (κ2) is 14.1. The highest BCUT2D eigenvalue weighted by atomic mass is 35.5. The van der Waals surface area contributed by atoms with Crippen molar-refractivity contribution in [3.05, 3.63) is 51.9 Å². The van der Waals surface area contributed by atoms with E-state index in [4.69, 9.17) is 44.6 Å². The molecule has 172 valence electrons. The molecule has 0 bridgehead atoms. The van der Waals surface area contributed by atoms with E-state index >= 15 is 0 Å². The fraction of sp³-hybridized carbons (Fsp3) is 0.545. The minimum absolute atomic E-state index is 0.0220. The van der Waals surface area contributed by atoms with Gasteiger partial charge in [-0.2, -0.15) is 0 Å². The molecule has 0 unspecified atom stereocenters. The number of aromatic nitrogens is 2. The van der Waals surface area contributed by atoms with Crippen LogP contribution < -0.4 is 4.74 Å². The minimum Gasteiger partial charge on any atom is -0.474 e. The van der Waals surface area contributed by atoms with Gasteiger partial charge in [0.1, 0.15) is 21.6 Å². The Morgan fingerprint density at radius 2 is 1.23 bits per heavy atom. The summed E-state index contributed by atoms with van der Waals surface area (Å²) in [5, 5.41) is 10.3. The Hall–Kier alpha value is -1.15. The molecule has 0 aromatic carbocycles. The number of piperidine rings is 2. The minimum atomic E-state index is -0.0220. The van der Waals surface area contributed by atoms with Crippen molar-refractivity contribution in [3.8, 4) is 5.88 Å². The number of hydrogen-bond donors (Lipinski definition) is 1. The molecule has 4 rings (SSSR count). The first-order valence-electron chi connectivity index (χ1n) is 10.4. The first kappa shape index (κ1) is 26.1. The van der Waals surface area contributed by atoms with Crippen LogP contribution in [-0.4, -0.2) is 77.4 Å². The zero-order valence-corrected chi connectivity index (χ0v) is 20.3. The maximum atomic E-state index is 9.00. The lowest BCUT2D eigenvalue weighted by atomic mass is 10.1. The van der Waals surface area contributed by atoms with Crippen LogP contribution in [0.5, 0.6) is 5.88 Å². The van der Waals surface area contributed by atoms with Crippen LogP contribution in [0, 0.1) is 0 Å². The van der Waals surface area contributed by atoms with E-state index in [1.165, 1.54) is 0 Å². The van der Waals surface area contributed by atoms with Crippen LogP contribution in [0.2, 0.25) is 15.5 Å². The van der Waals surface area contributed by atoms with Gasteiger partial charge < -0.3 is 19.6 Å². The van der Waals surface area contributed by atoms with E-state index in [-0.39, 0.29) is 12.2 Å². The molecule has 0 aliphatic carbocycles. The Morgan fingerprint density at radius 3 is 1.65 bits per heavy atom. The highest BCUT2D eigenvalue weighted by Crippen LogP contribution is 2.18. The van der Waals surface area contributed by atoms with Crippen molar-refractivity contribution >= 4 is 34.8 Å². The molecule has 0 radical (unpaired) electrons. The molecule has 2 aliphatic rings. The van der Waals surface area contributed by atoms with Crippen molar-refractivity contribution in [2.45, 2.75) is 37.9 Å². The number of aliphatic hydroxyl groups excluding tert-OH is 1. The van der Waals surface area contributed by atoms with Gasteiger partial charge in [0.2, 0.25) is 5.88 Å². The number of halogens is 3. The molecule has 1 N–H and O–H groups in total. The van der Waals surface area contributed by atoms with Crippen LogP contribution in [0.3, 0.4) is 0 Å². The molecule has 9 heteroatoms. The lowest BCUT2D eigenvalue weighted by molar-refractivity contribution is 0.0942. The van der Waals surface area contributed by atoms with E-state index in [2.05, 4.69) is 33.9 Å². The van der Waals surface area contributed by atoms with Crippen molar-refractivity contribution in [2.24, 2.45) is 0 Å². The molecule has 4 heterocycles. The molecule has 2 saturated heterocycles. The lowest BCUT2D eigenvalue weighted by Gasteiger charge is -2.28. The monoisotopic (exact) mass is 488 g/mol. The SMILES string of the molecule is CN1CCC(O)CC1.CN1CCC(Oc2cccc(Cl)n2)CC1.Clc1cccc(Cl)n1. The summed E-state index contributed by atoms with van der Waals surface area (Å²) in [6.45, 7) is 4.29. The third-order valence-electron chi connectivity index (χ3n) is 5.01. The summed E-state index contributed by atoms with van der Waals surface area (Å²) in [4.78, 5) is 12.4. The molecule has 31 heavy (non-hydrogen) atoms. The first-order chi connectivity index (χ1) is 14.8. The van der Waals surface area contributed by atoms with E-state index in [1.807, 2.05) is 12.1 Å². The largest absolute Gasteiger partial charge is 0.474 e. The average molecular weight is 490 g/mol. The lowest BCUT2D eigenvalue weighted by Crippen LogP contribution is -2.35. The molecule has 0 atom stereocenters. The van der Waals surface area contributed by atoms with Gasteiger partial charge in [0, 0.05) is 32.2 Å². The Kier molecular flexibility index (Phi) is 11.9. The molecule has 6 nitrogen and oxygen atoms in total. The zero-order chi connectivity index (χ0) is 22.6. The predicted molar refractivity (Wildman–Crippen MR) is 127 cm³/mol. The van der Waals surface area contributed by atoms with Crippen molar-refractivity contribution in [3.63, 3.8) is 0 Å². The van der Waals surface area contributed by atoms with E-state index in [0.29, 0.717) is 21.3 Å². The smallest absolute Gasteiger partial charge is 0.214 e. The van der Waals surface area contributed by atoms with Crippen LogP contribution in [0.4, 0.5) is 0 Å². The molecule has 2 fully saturated rings. The number of ether oxygens (including phenoxy) is 1. The van der Waals surface area contributed by atoms with E-state index in [1.54, 1.807) is 24.3 Å². The quantitative estimate of drug-likeness (QED) is 0.619. The molecular weight excluding hydrogens is 459 g/mol. The molecule has 0 spiro atoms.